The van der Waals surface area contributed by atoms with E-state index in [0.29, 0.717) is 0 Å². The summed E-state index contributed by atoms with van der Waals surface area (Å²) in [5.74, 6) is 0. The molecule has 0 amide bonds. The summed E-state index contributed by atoms with van der Waals surface area (Å²) in [6.07, 6.45) is 3.76. The number of nitrogens with zero attached hydrogens (tertiary/aromatic N) is 3. The Morgan fingerprint density at radius 1 is 0.205 bits per heavy atom. The number of hydrogen-bond donors (Lipinski definition) is 0. The number of para-hydroxylation sites is 1. The molecule has 4 nitrogen and oxygen atoms in total. The maximum Gasteiger partial charge on any atom is 0.135 e. The minimum Gasteiger partial charge on any atom is -0.456 e. The van der Waals surface area contributed by atoms with E-state index in [-0.39, 0.29) is 0 Å². The van der Waals surface area contributed by atoms with Crippen molar-refractivity contribution < 1.29 is 4.42 Å². The minimum atomic E-state index is 0.925. The van der Waals surface area contributed by atoms with Gasteiger partial charge in [0, 0.05) is 122 Å². The second-order valence-corrected chi connectivity index (χ2v) is 32.2. The van der Waals surface area contributed by atoms with Gasteiger partial charge in [0.1, 0.15) is 11.2 Å². The van der Waals surface area contributed by atoms with Crippen LogP contribution in [0.3, 0.4) is 0 Å². The van der Waals surface area contributed by atoms with E-state index < -0.39 is 0 Å². The number of aromatic nitrogens is 3. The van der Waals surface area contributed by atoms with E-state index >= 15 is 0 Å². The SMILES string of the molecule is c1ccc2c(c1)ccc1ccc(-c3cccc4c3sc3c(-c5ccc6c7ccccc7c7ccccc7c6c5)cccc34)nc12.c1cnc2c(c1)ccc1ccc(-c3cccc4c3sc3c(-c5ccc6oc7ccccc7c6c5)cccc34)cc12.c1cnc2c(c1)ccc1ccc(-c3cccc4sc5ccccc5c34)cc12. The molecule has 0 aliphatic carbocycles. The molecule has 0 N–H and O–H groups in total. The van der Waals surface area contributed by atoms with E-state index in [1.807, 2.05) is 70.7 Å². The first-order chi connectivity index (χ1) is 55.5. The highest BCUT2D eigenvalue weighted by atomic mass is 32.1. The topological polar surface area (TPSA) is 51.8 Å². The summed E-state index contributed by atoms with van der Waals surface area (Å²) < 4.78 is 14.0. The van der Waals surface area contributed by atoms with Crippen LogP contribution in [0.2, 0.25) is 0 Å². The number of hydrogen-bond acceptors (Lipinski definition) is 7. The van der Waals surface area contributed by atoms with Gasteiger partial charge in [-0.15, -0.1) is 34.0 Å². The first kappa shape index (κ1) is 64.2. The molecule has 0 aliphatic heterocycles. The largest absolute Gasteiger partial charge is 0.456 e. The molecule has 0 radical (unpaired) electrons. The van der Waals surface area contributed by atoms with E-state index in [1.165, 1.54) is 191 Å². The molecule has 0 fully saturated rings. The van der Waals surface area contributed by atoms with Crippen LogP contribution < -0.4 is 0 Å². The van der Waals surface area contributed by atoms with Crippen LogP contribution in [0.15, 0.2) is 375 Å². The molecule has 7 heteroatoms. The lowest BCUT2D eigenvalue weighted by Crippen LogP contribution is -1.87. The molecule has 0 spiro atoms. The third kappa shape index (κ3) is 10.4. The third-order valence-electron chi connectivity index (χ3n) is 22.9. The van der Waals surface area contributed by atoms with Crippen LogP contribution in [-0.2, 0) is 0 Å². The fourth-order valence-electron chi connectivity index (χ4n) is 17.6. The summed E-state index contributed by atoms with van der Waals surface area (Å²) in [7, 11) is 0. The van der Waals surface area contributed by atoms with Crippen LogP contribution >= 0.6 is 34.0 Å². The highest BCUT2D eigenvalue weighted by Gasteiger charge is 2.21. The third-order valence-corrected chi connectivity index (χ3v) is 26.6. The van der Waals surface area contributed by atoms with Crippen LogP contribution in [0.25, 0.3) is 236 Å². The average molecular weight is 1480 g/mol. The second kappa shape index (κ2) is 26.0. The smallest absolute Gasteiger partial charge is 0.135 e. The van der Waals surface area contributed by atoms with E-state index in [2.05, 4.69) is 339 Å². The molecule has 0 unspecified atom stereocenters. The van der Waals surface area contributed by atoms with Gasteiger partial charge in [0.2, 0.25) is 0 Å². The van der Waals surface area contributed by atoms with Gasteiger partial charge in [-0.2, -0.15) is 0 Å². The van der Waals surface area contributed by atoms with Gasteiger partial charge < -0.3 is 4.42 Å². The Bertz CT molecular complexity index is 8210. The first-order valence-corrected chi connectivity index (χ1v) is 40.4. The fraction of sp³-hybridized carbons (Fsp3) is 0. The molecule has 25 rings (SSSR count). The van der Waals surface area contributed by atoms with Gasteiger partial charge in [-0.05, 0) is 160 Å². The zero-order valence-electron chi connectivity index (χ0n) is 60.2. The molecule has 0 atom stereocenters. The zero-order chi connectivity index (χ0) is 73.5. The van der Waals surface area contributed by atoms with Crippen molar-refractivity contribution in [2.75, 3.05) is 0 Å². The van der Waals surface area contributed by atoms with Crippen LogP contribution in [0, 0.1) is 0 Å². The van der Waals surface area contributed by atoms with Gasteiger partial charge >= 0.3 is 0 Å². The molecule has 7 aromatic heterocycles. The summed E-state index contributed by atoms with van der Waals surface area (Å²) in [5, 5.41) is 28.8. The van der Waals surface area contributed by atoms with E-state index in [4.69, 9.17) is 14.4 Å². The van der Waals surface area contributed by atoms with Crippen molar-refractivity contribution in [3.63, 3.8) is 0 Å². The molecule has 0 saturated carbocycles. The second-order valence-electron chi connectivity index (χ2n) is 29.1. The van der Waals surface area contributed by atoms with E-state index in [9.17, 15) is 0 Å². The Morgan fingerprint density at radius 2 is 0.580 bits per heavy atom. The summed E-state index contributed by atoms with van der Waals surface area (Å²) in [5.41, 5.74) is 17.2. The van der Waals surface area contributed by atoms with Crippen LogP contribution in [0.5, 0.6) is 0 Å². The number of benzene rings is 18. The monoisotopic (exact) mass is 1480 g/mol. The molecule has 0 bridgehead atoms. The molecule has 0 saturated heterocycles. The van der Waals surface area contributed by atoms with Crippen molar-refractivity contribution in [2.24, 2.45) is 0 Å². The number of pyridine rings is 3. The zero-order valence-corrected chi connectivity index (χ0v) is 62.6. The molecule has 0 aliphatic rings. The predicted molar refractivity (Wildman–Crippen MR) is 483 cm³/mol. The lowest BCUT2D eigenvalue weighted by molar-refractivity contribution is 0.669. The predicted octanol–water partition coefficient (Wildman–Crippen LogP) is 31.0. The number of thiophene rings is 3. The molecular weight excluding hydrogens is 1420 g/mol. The molecule has 112 heavy (non-hydrogen) atoms. The van der Waals surface area contributed by atoms with Crippen molar-refractivity contribution in [1.82, 2.24) is 15.0 Å². The van der Waals surface area contributed by atoms with Gasteiger partial charge in [-0.3, -0.25) is 9.97 Å². The van der Waals surface area contributed by atoms with Crippen LogP contribution in [-0.4, -0.2) is 15.0 Å². The number of furan rings is 1. The maximum atomic E-state index is 6.10. The highest BCUT2D eigenvalue weighted by Crippen LogP contribution is 2.49. The lowest BCUT2D eigenvalue weighted by atomic mass is 9.92. The maximum absolute atomic E-state index is 6.10. The summed E-state index contributed by atoms with van der Waals surface area (Å²) >= 11 is 5.64. The highest BCUT2D eigenvalue weighted by molar-refractivity contribution is 7.27. The van der Waals surface area contributed by atoms with Crippen LogP contribution in [0.4, 0.5) is 0 Å². The lowest BCUT2D eigenvalue weighted by Gasteiger charge is -2.12. The summed E-state index contributed by atoms with van der Waals surface area (Å²) in [6.45, 7) is 0. The van der Waals surface area contributed by atoms with Crippen molar-refractivity contribution in [2.45, 2.75) is 0 Å². The van der Waals surface area contributed by atoms with Crippen molar-refractivity contribution in [3.8, 4) is 55.8 Å². The summed E-state index contributed by atoms with van der Waals surface area (Å²) in [4.78, 5) is 14.6. The van der Waals surface area contributed by atoms with Crippen LogP contribution in [0.1, 0.15) is 0 Å². The van der Waals surface area contributed by atoms with E-state index in [0.717, 1.165) is 44.2 Å². The molecule has 7 heterocycles. The van der Waals surface area contributed by atoms with Gasteiger partial charge in [0.05, 0.1) is 22.2 Å². The van der Waals surface area contributed by atoms with E-state index in [1.54, 1.807) is 0 Å². The average Bonchev–Trinajstić information content (AvgIpc) is 1.14. The normalized spacial score (nSPS) is 11.9. The molecule has 520 valence electrons. The Balaban J connectivity index is 0.000000103. The summed E-state index contributed by atoms with van der Waals surface area (Å²) in [6, 6.07) is 129. The standard InChI is InChI=1S/C43H25NS.C37H21NOS.C25H15NS/c1-2-10-29-26(9-1)19-20-27-22-24-40(44-41(27)29)38-18-8-17-37-36-16-7-15-30(42(36)45-43(37)38)28-21-23-35-33-13-4-3-11-31(33)32-12-5-6-14-34(32)39(35)25-28;1-2-12-33-28(7-1)32-21-25(17-18-34(32)39-33)27-9-4-11-30-29-10-3-8-26(36(29)40-37(27)30)24-16-14-22-13-15-23-6-5-19-38-35(23)31(22)20-24;1-2-8-22-20(6-1)24-19(7-3-9-23(24)27-22)18-13-11-16-10-12-17-5-4-14-26-25(17)21(16)15-18/h1-25H;1-21H;1-15H. The van der Waals surface area contributed by atoms with Gasteiger partial charge in [-0.25, -0.2) is 4.98 Å². The Morgan fingerprint density at radius 3 is 1.19 bits per heavy atom. The minimum absolute atomic E-state index is 0.925. The van der Waals surface area contributed by atoms with Gasteiger partial charge in [0.25, 0.3) is 0 Å². The quantitative estimate of drug-likeness (QED) is 0.161. The van der Waals surface area contributed by atoms with Crippen molar-refractivity contribution in [3.05, 3.63) is 370 Å². The van der Waals surface area contributed by atoms with Gasteiger partial charge in [-0.1, -0.05) is 291 Å². The van der Waals surface area contributed by atoms with Gasteiger partial charge in [0.15, 0.2) is 0 Å². The Kier molecular flexibility index (Phi) is 14.9. The Labute approximate surface area is 654 Å². The number of fused-ring (bicyclic) bond motifs is 27. The molecular formula is C105H61N3OS3. The Hall–Kier alpha value is -13.8. The van der Waals surface area contributed by atoms with Crippen molar-refractivity contribution in [1.29, 1.82) is 0 Å². The first-order valence-electron chi connectivity index (χ1n) is 37.9. The molecule has 18 aromatic carbocycles. The number of rotatable bonds is 5. The van der Waals surface area contributed by atoms with Crippen molar-refractivity contribution >= 4 is 214 Å². The molecule has 25 aromatic rings. The fourth-order valence-corrected chi connectivity index (χ4v) is 21.4.